The van der Waals surface area contributed by atoms with Gasteiger partial charge in [-0.3, -0.25) is 9.59 Å². The van der Waals surface area contributed by atoms with Crippen LogP contribution in [0.1, 0.15) is 618 Å². The molecule has 8 N–H and O–H groups in total. The first-order chi connectivity index (χ1) is 54.0. The Kier molecular flexibility index (Phi) is 121. The summed E-state index contributed by atoms with van der Waals surface area (Å²) < 4.78 is 0. The van der Waals surface area contributed by atoms with E-state index in [1.54, 1.807) is 0 Å². The summed E-state index contributed by atoms with van der Waals surface area (Å²) in [5.74, 6) is -0.482. The zero-order chi connectivity index (χ0) is 79.7. The number of aliphatic carboxylic acids is 1. The van der Waals surface area contributed by atoms with E-state index in [0.717, 1.165) is 19.3 Å². The molecule has 0 rings (SSSR count). The number of unbranched alkanes of at least 4 members (excludes halogenated alkanes) is 88. The van der Waals surface area contributed by atoms with Crippen LogP contribution in [-0.2, 0) is 9.59 Å². The zero-order valence-electron chi connectivity index (χ0n) is 76.4. The molecule has 0 saturated carbocycles. The molecule has 0 aromatic carbocycles. The van der Waals surface area contributed by atoms with Crippen molar-refractivity contribution >= 4 is 11.9 Å². The lowest BCUT2D eigenvalue weighted by atomic mass is 10.0. The Hall–Kier alpha value is -1.18. The normalized spacial score (nSPS) is 11.2. The summed E-state index contributed by atoms with van der Waals surface area (Å²) in [7, 11) is 0. The van der Waals surface area contributed by atoms with Crippen molar-refractivity contribution in [3.63, 3.8) is 0 Å². The number of rotatable bonds is 95. The summed E-state index contributed by atoms with van der Waals surface area (Å²) in [4.78, 5) is 22.0. The van der Waals surface area contributed by atoms with Gasteiger partial charge in [-0.15, -0.1) is 0 Å². The lowest BCUT2D eigenvalue weighted by molar-refractivity contribution is -0.137. The van der Waals surface area contributed by atoms with Gasteiger partial charge in [-0.1, -0.05) is 593 Å². The fraction of sp³-hybridized carbons (Fsp3) is 0.980. The van der Waals surface area contributed by atoms with Crippen molar-refractivity contribution in [1.29, 1.82) is 0 Å². The molecule has 1 amide bonds. The molecule has 0 aromatic rings. The van der Waals surface area contributed by atoms with E-state index in [-0.39, 0.29) is 5.91 Å². The Morgan fingerprint density at radius 1 is 0.183 bits per heavy atom. The molecule has 0 unspecified atom stereocenters. The second kappa shape index (κ2) is 115. The fourth-order valence-electron chi connectivity index (χ4n) is 16.2. The van der Waals surface area contributed by atoms with Crippen LogP contribution in [0.3, 0.4) is 0 Å². The van der Waals surface area contributed by atoms with Gasteiger partial charge in [-0.05, 0) is 12.8 Å². The van der Waals surface area contributed by atoms with Gasteiger partial charge in [0.2, 0.25) is 5.91 Å². The molecule has 0 atom stereocenters. The van der Waals surface area contributed by atoms with Crippen LogP contribution < -0.4 is 22.5 Å². The van der Waals surface area contributed by atoms with Gasteiger partial charge in [0.1, 0.15) is 0 Å². The maximum Gasteiger partial charge on any atom is 0.303 e. The predicted molar refractivity (Wildman–Crippen MR) is 495 cm³/mol. The lowest BCUT2D eigenvalue weighted by Gasteiger charge is -2.05. The summed E-state index contributed by atoms with van der Waals surface area (Å²) in [5, 5.41) is 11.5. The maximum absolute atomic E-state index is 11.5. The molecule has 0 aromatic heterocycles. The molecule has 109 heavy (non-hydrogen) atoms. The SMILES string of the molecule is CC.CCCCCCCCCCCCCCCCCCCCCCCCCCCCCCCCCCCCCCCCCCCCCCCC(=O)NCCN.CCCCCCCCCCCCCCCCCCCCCCCCCCCCCCCCCCCCCCCCCCCCCCCC(=O)O.NCCN. The van der Waals surface area contributed by atoms with Gasteiger partial charge in [0.25, 0.3) is 0 Å². The van der Waals surface area contributed by atoms with Crippen molar-refractivity contribution in [3.8, 4) is 0 Å². The Labute approximate surface area is 689 Å². The highest BCUT2D eigenvalue weighted by molar-refractivity contribution is 5.75. The molecular weight excluding hydrogens is 1330 g/mol. The number of nitrogens with one attached hydrogen (secondary N) is 1. The molecule has 0 aliphatic rings. The quantitative estimate of drug-likeness (QED) is 0.0384. The number of carbonyl (C=O) groups is 2. The van der Waals surface area contributed by atoms with Crippen molar-refractivity contribution in [3.05, 3.63) is 0 Å². The van der Waals surface area contributed by atoms with E-state index in [1.165, 1.54) is 559 Å². The van der Waals surface area contributed by atoms with Crippen LogP contribution in [-0.4, -0.2) is 43.2 Å². The Morgan fingerprint density at radius 3 is 0.394 bits per heavy atom. The molecule has 0 heterocycles. The largest absolute Gasteiger partial charge is 0.481 e. The van der Waals surface area contributed by atoms with E-state index in [1.807, 2.05) is 13.8 Å². The van der Waals surface area contributed by atoms with Gasteiger partial charge >= 0.3 is 5.97 Å². The minimum absolute atomic E-state index is 0.164. The Morgan fingerprint density at radius 2 is 0.294 bits per heavy atom. The molecule has 658 valence electrons. The Bertz CT molecular complexity index is 1510. The average molecular weight is 1540 g/mol. The molecule has 0 aliphatic carbocycles. The minimum Gasteiger partial charge on any atom is -0.481 e. The van der Waals surface area contributed by atoms with Crippen molar-refractivity contribution in [2.45, 2.75) is 618 Å². The summed E-state index contributed by atoms with van der Waals surface area (Å²) in [5.41, 5.74) is 15.2. The number of hydrogen-bond acceptors (Lipinski definition) is 5. The van der Waals surface area contributed by atoms with E-state index < -0.39 is 5.97 Å². The molecule has 0 aliphatic heterocycles. The second-order valence-corrected chi connectivity index (χ2v) is 34.7. The van der Waals surface area contributed by atoms with E-state index in [4.69, 9.17) is 22.3 Å². The van der Waals surface area contributed by atoms with E-state index in [9.17, 15) is 9.59 Å². The Balaban J connectivity index is -0.000000943. The highest BCUT2D eigenvalue weighted by Gasteiger charge is 2.05. The van der Waals surface area contributed by atoms with Gasteiger partial charge < -0.3 is 27.6 Å². The molecule has 7 heteroatoms. The van der Waals surface area contributed by atoms with Crippen LogP contribution in [0.15, 0.2) is 0 Å². The van der Waals surface area contributed by atoms with Gasteiger partial charge in [-0.2, -0.15) is 0 Å². The number of nitrogens with two attached hydrogens (primary N) is 3. The smallest absolute Gasteiger partial charge is 0.303 e. The van der Waals surface area contributed by atoms with Crippen LogP contribution in [0.2, 0.25) is 0 Å². The predicted octanol–water partition coefficient (Wildman–Crippen LogP) is 35.0. The zero-order valence-corrected chi connectivity index (χ0v) is 76.4. The van der Waals surface area contributed by atoms with E-state index >= 15 is 0 Å². The number of amides is 1. The van der Waals surface area contributed by atoms with Gasteiger partial charge in [0.15, 0.2) is 0 Å². The highest BCUT2D eigenvalue weighted by atomic mass is 16.4. The van der Waals surface area contributed by atoms with Gasteiger partial charge in [-0.25, -0.2) is 0 Å². The van der Waals surface area contributed by atoms with Gasteiger partial charge in [0, 0.05) is 39.0 Å². The van der Waals surface area contributed by atoms with E-state index in [0.29, 0.717) is 39.0 Å². The standard InChI is InChI=1S/C50H102N2O.C48H96O2.C2H8N2.C2H6/c1-2-3-4-5-6-7-8-9-10-11-12-13-14-15-16-17-18-19-20-21-22-23-24-25-26-27-28-29-30-31-32-33-34-35-36-37-38-39-40-41-42-43-44-45-46-47-50(53)52-49-48-51;1-2-3-4-5-6-7-8-9-10-11-12-13-14-15-16-17-18-19-20-21-22-23-24-25-26-27-28-29-30-31-32-33-34-35-36-37-38-39-40-41-42-43-44-45-46-47-48(49)50;3-1-2-4;1-2/h2-49,51H2,1H3,(H,52,53);2-47H2,1H3,(H,49,50);1-4H2;1-2H3. The maximum atomic E-state index is 11.5. The number of carboxylic acids is 1. The number of carbonyl (C=O) groups excluding carboxylic acids is 1. The van der Waals surface area contributed by atoms with Crippen molar-refractivity contribution in [1.82, 2.24) is 5.32 Å². The van der Waals surface area contributed by atoms with Crippen molar-refractivity contribution in [2.75, 3.05) is 26.2 Å². The fourth-order valence-corrected chi connectivity index (χ4v) is 16.2. The minimum atomic E-state index is -0.646. The van der Waals surface area contributed by atoms with E-state index in [2.05, 4.69) is 19.2 Å². The monoisotopic (exact) mass is 1540 g/mol. The van der Waals surface area contributed by atoms with Crippen LogP contribution in [0.5, 0.6) is 0 Å². The second-order valence-electron chi connectivity index (χ2n) is 34.7. The molecule has 0 radical (unpaired) electrons. The topological polar surface area (TPSA) is 144 Å². The molecule has 0 fully saturated rings. The number of hydrogen-bond donors (Lipinski definition) is 5. The van der Waals surface area contributed by atoms with Crippen LogP contribution in [0.4, 0.5) is 0 Å². The molecule has 0 bridgehead atoms. The highest BCUT2D eigenvalue weighted by Crippen LogP contribution is 2.23. The first-order valence-electron chi connectivity index (χ1n) is 51.6. The number of carboxylic acid groups (broad SMARTS) is 1. The third kappa shape index (κ3) is 123. The first kappa shape index (κ1) is 114. The molecular formula is C102H212N4O3. The summed E-state index contributed by atoms with van der Waals surface area (Å²) in [6.45, 7) is 11.0. The molecule has 0 saturated heterocycles. The third-order valence-electron chi connectivity index (χ3n) is 23.6. The molecule has 7 nitrogen and oxygen atoms in total. The third-order valence-corrected chi connectivity index (χ3v) is 23.6. The van der Waals surface area contributed by atoms with Gasteiger partial charge in [0.05, 0.1) is 0 Å². The van der Waals surface area contributed by atoms with Crippen molar-refractivity contribution < 1.29 is 14.7 Å². The van der Waals surface area contributed by atoms with Crippen molar-refractivity contribution in [2.24, 2.45) is 17.2 Å². The summed E-state index contributed by atoms with van der Waals surface area (Å²) in [6.07, 6.45) is 131. The average Bonchev–Trinajstić information content (AvgIpc) is 3.15. The van der Waals surface area contributed by atoms with Crippen LogP contribution in [0, 0.1) is 0 Å². The first-order valence-corrected chi connectivity index (χ1v) is 51.6. The van der Waals surface area contributed by atoms with Crippen LogP contribution in [0.25, 0.3) is 0 Å². The van der Waals surface area contributed by atoms with Crippen LogP contribution >= 0.6 is 0 Å². The summed E-state index contributed by atoms with van der Waals surface area (Å²) >= 11 is 0. The lowest BCUT2D eigenvalue weighted by Crippen LogP contribution is -2.28. The molecule has 0 spiro atoms. The summed E-state index contributed by atoms with van der Waals surface area (Å²) in [6, 6.07) is 0.